The maximum absolute atomic E-state index is 11.7. The largest absolute Gasteiger partial charge is 0.351 e. The van der Waals surface area contributed by atoms with Crippen molar-refractivity contribution in [2.24, 2.45) is 0 Å². The van der Waals surface area contributed by atoms with Gasteiger partial charge in [0, 0.05) is 17.3 Å². The summed E-state index contributed by atoms with van der Waals surface area (Å²) in [6.45, 7) is 0.514. The fraction of sp³-hybridized carbons (Fsp3) is 0.167. The lowest BCUT2D eigenvalue weighted by Crippen LogP contribution is -2.24. The average molecular weight is 332 g/mol. The van der Waals surface area contributed by atoms with E-state index in [1.54, 1.807) is 11.8 Å². The second-order valence-electron chi connectivity index (χ2n) is 4.73. The second kappa shape index (κ2) is 9.34. The Labute approximate surface area is 140 Å². The van der Waals surface area contributed by atoms with Gasteiger partial charge in [0.15, 0.2) is 0 Å². The van der Waals surface area contributed by atoms with E-state index in [0.29, 0.717) is 17.3 Å². The first-order valence-electron chi connectivity index (χ1n) is 7.04. The van der Waals surface area contributed by atoms with E-state index in [-0.39, 0.29) is 5.91 Å². The molecule has 2 aromatic rings. The van der Waals surface area contributed by atoms with Gasteiger partial charge in [-0.25, -0.2) is 0 Å². The van der Waals surface area contributed by atoms with Crippen molar-refractivity contribution in [3.05, 3.63) is 76.8 Å². The molecule has 114 valence electrons. The van der Waals surface area contributed by atoms with Crippen LogP contribution in [0.1, 0.15) is 11.1 Å². The third-order valence-corrected chi connectivity index (χ3v) is 4.07. The van der Waals surface area contributed by atoms with E-state index in [1.165, 1.54) is 5.56 Å². The Morgan fingerprint density at radius 2 is 1.95 bits per heavy atom. The molecule has 0 aliphatic carbocycles. The number of nitrogens with one attached hydrogen (secondary N) is 1. The number of rotatable bonds is 7. The Bertz CT molecular complexity index is 628. The molecular weight excluding hydrogens is 314 g/mol. The van der Waals surface area contributed by atoms with E-state index in [4.69, 9.17) is 11.6 Å². The highest BCUT2D eigenvalue weighted by molar-refractivity contribution is 8.00. The van der Waals surface area contributed by atoms with Gasteiger partial charge in [-0.2, -0.15) is 0 Å². The molecule has 0 aliphatic heterocycles. The minimum atomic E-state index is 0.0399. The summed E-state index contributed by atoms with van der Waals surface area (Å²) in [5.41, 5.74) is 2.18. The zero-order chi connectivity index (χ0) is 15.6. The molecule has 0 spiro atoms. The summed E-state index contributed by atoms with van der Waals surface area (Å²) in [5.74, 6) is 1.32. The summed E-state index contributed by atoms with van der Waals surface area (Å²) in [4.78, 5) is 11.7. The van der Waals surface area contributed by atoms with Gasteiger partial charge in [-0.15, -0.1) is 11.8 Å². The first-order valence-corrected chi connectivity index (χ1v) is 8.58. The molecule has 2 aromatic carbocycles. The van der Waals surface area contributed by atoms with Crippen molar-refractivity contribution in [1.82, 2.24) is 5.32 Å². The predicted molar refractivity (Wildman–Crippen MR) is 96.1 cm³/mol. The zero-order valence-corrected chi connectivity index (χ0v) is 13.7. The van der Waals surface area contributed by atoms with Gasteiger partial charge in [-0.3, -0.25) is 4.79 Å². The van der Waals surface area contributed by atoms with Crippen molar-refractivity contribution in [3.63, 3.8) is 0 Å². The van der Waals surface area contributed by atoms with Gasteiger partial charge in [0.05, 0.1) is 5.75 Å². The van der Waals surface area contributed by atoms with Crippen LogP contribution < -0.4 is 5.32 Å². The summed E-state index contributed by atoms with van der Waals surface area (Å²) < 4.78 is 0. The van der Waals surface area contributed by atoms with Gasteiger partial charge in [-0.1, -0.05) is 66.2 Å². The number of hydrogen-bond acceptors (Lipinski definition) is 2. The maximum Gasteiger partial charge on any atom is 0.230 e. The number of amides is 1. The topological polar surface area (TPSA) is 29.1 Å². The molecule has 2 rings (SSSR count). The standard InChI is InChI=1S/C18H18ClNOS/c19-17-10-4-8-16(12-17)13-20-18(21)14-22-11-5-9-15-6-2-1-3-7-15/h1-10,12H,11,13-14H2,(H,20,21). The molecule has 4 heteroatoms. The van der Waals surface area contributed by atoms with Crippen LogP contribution in [-0.4, -0.2) is 17.4 Å². The molecule has 1 amide bonds. The van der Waals surface area contributed by atoms with Crippen molar-refractivity contribution in [2.75, 3.05) is 11.5 Å². The van der Waals surface area contributed by atoms with Gasteiger partial charge in [0.2, 0.25) is 5.91 Å². The molecule has 0 radical (unpaired) electrons. The van der Waals surface area contributed by atoms with E-state index in [9.17, 15) is 4.79 Å². The third-order valence-electron chi connectivity index (χ3n) is 2.94. The SMILES string of the molecule is O=C(CSCC=Cc1ccccc1)NCc1cccc(Cl)c1. The lowest BCUT2D eigenvalue weighted by Gasteiger charge is -2.05. The molecule has 0 unspecified atom stereocenters. The molecule has 22 heavy (non-hydrogen) atoms. The van der Waals surface area contributed by atoms with Crippen molar-refractivity contribution in [1.29, 1.82) is 0 Å². The molecular formula is C18H18ClNOS. The molecule has 0 aliphatic rings. The van der Waals surface area contributed by atoms with E-state index >= 15 is 0 Å². The fourth-order valence-corrected chi connectivity index (χ4v) is 2.72. The van der Waals surface area contributed by atoms with Crippen LogP contribution in [0, 0.1) is 0 Å². The average Bonchev–Trinajstić information content (AvgIpc) is 2.54. The lowest BCUT2D eigenvalue weighted by atomic mass is 10.2. The molecule has 0 fully saturated rings. The number of benzene rings is 2. The van der Waals surface area contributed by atoms with Gasteiger partial charge in [0.25, 0.3) is 0 Å². The summed E-state index contributed by atoms with van der Waals surface area (Å²) in [6.07, 6.45) is 4.14. The van der Waals surface area contributed by atoms with E-state index in [2.05, 4.69) is 29.6 Å². The molecule has 0 atom stereocenters. The van der Waals surface area contributed by atoms with Crippen molar-refractivity contribution < 1.29 is 4.79 Å². The number of halogens is 1. The van der Waals surface area contributed by atoms with Gasteiger partial charge in [0.1, 0.15) is 0 Å². The van der Waals surface area contributed by atoms with Crippen molar-refractivity contribution in [3.8, 4) is 0 Å². The Balaban J connectivity index is 1.63. The smallest absolute Gasteiger partial charge is 0.230 e. The minimum absolute atomic E-state index is 0.0399. The third kappa shape index (κ3) is 6.37. The first kappa shape index (κ1) is 16.7. The highest BCUT2D eigenvalue weighted by Gasteiger charge is 2.01. The summed E-state index contributed by atoms with van der Waals surface area (Å²) in [5, 5.41) is 3.58. The van der Waals surface area contributed by atoms with Gasteiger partial charge >= 0.3 is 0 Å². The molecule has 2 nitrogen and oxygen atoms in total. The molecule has 0 saturated heterocycles. The predicted octanol–water partition coefficient (Wildman–Crippen LogP) is 4.40. The van der Waals surface area contributed by atoms with Gasteiger partial charge in [-0.05, 0) is 23.3 Å². The van der Waals surface area contributed by atoms with E-state index in [1.807, 2.05) is 42.5 Å². The molecule has 0 bridgehead atoms. The maximum atomic E-state index is 11.7. The van der Waals surface area contributed by atoms with Crippen LogP contribution in [0.3, 0.4) is 0 Å². The van der Waals surface area contributed by atoms with Crippen LogP contribution in [0.4, 0.5) is 0 Å². The van der Waals surface area contributed by atoms with E-state index < -0.39 is 0 Å². The number of thioether (sulfide) groups is 1. The Hall–Kier alpha value is -1.71. The Morgan fingerprint density at radius 3 is 2.73 bits per heavy atom. The molecule has 0 heterocycles. The van der Waals surface area contributed by atoms with Crippen LogP contribution in [0.15, 0.2) is 60.7 Å². The van der Waals surface area contributed by atoms with Crippen LogP contribution in [-0.2, 0) is 11.3 Å². The van der Waals surface area contributed by atoms with E-state index in [0.717, 1.165) is 11.3 Å². The highest BCUT2D eigenvalue weighted by Crippen LogP contribution is 2.10. The molecule has 0 aromatic heterocycles. The van der Waals surface area contributed by atoms with Crippen LogP contribution >= 0.6 is 23.4 Å². The quantitative estimate of drug-likeness (QED) is 0.762. The first-order chi connectivity index (χ1) is 10.7. The van der Waals surface area contributed by atoms with Gasteiger partial charge < -0.3 is 5.32 Å². The number of carbonyl (C=O) groups is 1. The normalized spacial score (nSPS) is 10.8. The monoisotopic (exact) mass is 331 g/mol. The van der Waals surface area contributed by atoms with Crippen LogP contribution in [0.5, 0.6) is 0 Å². The molecule has 0 saturated carbocycles. The summed E-state index contributed by atoms with van der Waals surface area (Å²) in [6, 6.07) is 17.6. The summed E-state index contributed by atoms with van der Waals surface area (Å²) in [7, 11) is 0. The number of hydrogen-bond donors (Lipinski definition) is 1. The summed E-state index contributed by atoms with van der Waals surface area (Å²) >= 11 is 7.50. The zero-order valence-electron chi connectivity index (χ0n) is 12.2. The number of carbonyl (C=O) groups excluding carboxylic acids is 1. The van der Waals surface area contributed by atoms with Crippen LogP contribution in [0.2, 0.25) is 5.02 Å². The minimum Gasteiger partial charge on any atom is -0.351 e. The van der Waals surface area contributed by atoms with Crippen molar-refractivity contribution >= 4 is 35.3 Å². The lowest BCUT2D eigenvalue weighted by molar-refractivity contribution is -0.118. The fourth-order valence-electron chi connectivity index (χ4n) is 1.87. The highest BCUT2D eigenvalue weighted by atomic mass is 35.5. The van der Waals surface area contributed by atoms with Crippen LogP contribution in [0.25, 0.3) is 6.08 Å². The Morgan fingerprint density at radius 1 is 1.14 bits per heavy atom. The van der Waals surface area contributed by atoms with Crippen molar-refractivity contribution in [2.45, 2.75) is 6.54 Å². The molecule has 1 N–H and O–H groups in total. The second-order valence-corrected chi connectivity index (χ2v) is 6.20. The Kier molecular flexibility index (Phi) is 7.07.